The van der Waals surface area contributed by atoms with Crippen molar-refractivity contribution < 1.29 is 9.84 Å². The molecule has 2 rings (SSSR count). The van der Waals surface area contributed by atoms with Crippen molar-refractivity contribution in [2.75, 3.05) is 33.9 Å². The van der Waals surface area contributed by atoms with Gasteiger partial charge in [-0.2, -0.15) is 0 Å². The molecular weight excluding hydrogens is 240 g/mol. The molecule has 0 saturated heterocycles. The Morgan fingerprint density at radius 3 is 2.95 bits per heavy atom. The predicted octanol–water partition coefficient (Wildman–Crippen LogP) is 1.33. The summed E-state index contributed by atoms with van der Waals surface area (Å²) in [7, 11) is 3.88. The average Bonchev–Trinajstić information content (AvgIpc) is 2.43. The van der Waals surface area contributed by atoms with Crippen molar-refractivity contribution in [3.8, 4) is 5.75 Å². The maximum Gasteiger partial charge on any atom is 0.123 e. The van der Waals surface area contributed by atoms with Gasteiger partial charge in [0.2, 0.25) is 0 Å². The fourth-order valence-corrected chi connectivity index (χ4v) is 2.65. The number of nitrogens with zero attached hydrogens (tertiary/aromatic N) is 1. The van der Waals surface area contributed by atoms with Crippen LogP contribution in [0.2, 0.25) is 0 Å². The molecule has 19 heavy (non-hydrogen) atoms. The number of hydrogen-bond acceptors (Lipinski definition) is 4. The molecule has 1 unspecified atom stereocenters. The van der Waals surface area contributed by atoms with Gasteiger partial charge in [0.05, 0.1) is 13.7 Å². The van der Waals surface area contributed by atoms with E-state index in [0.717, 1.165) is 25.3 Å². The monoisotopic (exact) mass is 264 g/mol. The van der Waals surface area contributed by atoms with Crippen molar-refractivity contribution in [2.24, 2.45) is 0 Å². The van der Waals surface area contributed by atoms with Crippen LogP contribution in [0.5, 0.6) is 5.75 Å². The maximum atomic E-state index is 8.83. The first-order chi connectivity index (χ1) is 9.17. The van der Waals surface area contributed by atoms with Gasteiger partial charge in [-0.15, -0.1) is 0 Å². The number of methoxy groups -OCH3 is 1. The van der Waals surface area contributed by atoms with E-state index in [1.165, 1.54) is 16.7 Å². The Morgan fingerprint density at radius 2 is 2.26 bits per heavy atom. The van der Waals surface area contributed by atoms with Crippen molar-refractivity contribution in [1.29, 1.82) is 0 Å². The minimum absolute atomic E-state index is 0.162. The van der Waals surface area contributed by atoms with Gasteiger partial charge in [-0.3, -0.25) is 4.90 Å². The Hall–Kier alpha value is -1.10. The lowest BCUT2D eigenvalue weighted by molar-refractivity contribution is 0.246. The summed E-state index contributed by atoms with van der Waals surface area (Å²) < 4.78 is 5.50. The Labute approximate surface area is 115 Å². The first-order valence-corrected chi connectivity index (χ1v) is 6.89. The molecule has 0 amide bonds. The molecule has 0 aliphatic carbocycles. The fourth-order valence-electron chi connectivity index (χ4n) is 2.65. The number of fused-ring (bicyclic) bond motifs is 1. The Kier molecular flexibility index (Phi) is 4.80. The zero-order valence-electron chi connectivity index (χ0n) is 12.1. The van der Waals surface area contributed by atoms with E-state index in [-0.39, 0.29) is 6.61 Å². The average molecular weight is 264 g/mol. The van der Waals surface area contributed by atoms with E-state index in [4.69, 9.17) is 9.84 Å². The van der Waals surface area contributed by atoms with Crippen molar-refractivity contribution in [3.63, 3.8) is 0 Å². The summed E-state index contributed by atoms with van der Waals surface area (Å²) in [6, 6.07) is 4.87. The highest BCUT2D eigenvalue weighted by Gasteiger charge is 2.22. The minimum atomic E-state index is 0.162. The third-order valence-corrected chi connectivity index (χ3v) is 3.99. The highest BCUT2D eigenvalue weighted by Crippen LogP contribution is 2.33. The van der Waals surface area contributed by atoms with Gasteiger partial charge in [0, 0.05) is 31.2 Å². The van der Waals surface area contributed by atoms with Crippen LogP contribution in [0.3, 0.4) is 0 Å². The van der Waals surface area contributed by atoms with Gasteiger partial charge in [-0.25, -0.2) is 0 Å². The minimum Gasteiger partial charge on any atom is -0.496 e. The van der Waals surface area contributed by atoms with Gasteiger partial charge < -0.3 is 15.2 Å². The molecule has 0 fully saturated rings. The fraction of sp³-hybridized carbons (Fsp3) is 0.600. The van der Waals surface area contributed by atoms with Gasteiger partial charge in [0.25, 0.3) is 0 Å². The molecular formula is C15H24N2O2. The number of rotatable bonds is 5. The summed E-state index contributed by atoms with van der Waals surface area (Å²) in [5.41, 5.74) is 3.97. The third-order valence-electron chi connectivity index (χ3n) is 3.99. The van der Waals surface area contributed by atoms with Crippen LogP contribution >= 0.6 is 0 Å². The lowest BCUT2D eigenvalue weighted by atomic mass is 9.91. The van der Waals surface area contributed by atoms with E-state index in [0.29, 0.717) is 12.6 Å². The third kappa shape index (κ3) is 3.08. The molecule has 0 aromatic heterocycles. The summed E-state index contributed by atoms with van der Waals surface area (Å²) in [6.45, 7) is 4.85. The van der Waals surface area contributed by atoms with E-state index in [1.807, 2.05) is 0 Å². The first kappa shape index (κ1) is 14.3. The lowest BCUT2D eigenvalue weighted by Crippen LogP contribution is -2.30. The molecule has 0 saturated carbocycles. The smallest absolute Gasteiger partial charge is 0.123 e. The molecule has 1 heterocycles. The van der Waals surface area contributed by atoms with Gasteiger partial charge in [0.15, 0.2) is 0 Å². The molecule has 0 radical (unpaired) electrons. The van der Waals surface area contributed by atoms with E-state index in [2.05, 4.69) is 36.3 Å². The molecule has 1 aromatic rings. The van der Waals surface area contributed by atoms with Gasteiger partial charge >= 0.3 is 0 Å². The highest BCUT2D eigenvalue weighted by atomic mass is 16.5. The van der Waals surface area contributed by atoms with Crippen LogP contribution in [-0.4, -0.2) is 43.9 Å². The predicted molar refractivity (Wildman–Crippen MR) is 76.5 cm³/mol. The van der Waals surface area contributed by atoms with E-state index < -0.39 is 0 Å². The van der Waals surface area contributed by atoms with Crippen LogP contribution in [0.15, 0.2) is 12.1 Å². The van der Waals surface area contributed by atoms with Gasteiger partial charge in [-0.05, 0) is 37.6 Å². The summed E-state index contributed by atoms with van der Waals surface area (Å²) >= 11 is 0. The Morgan fingerprint density at radius 1 is 1.47 bits per heavy atom. The zero-order valence-corrected chi connectivity index (χ0v) is 12.1. The van der Waals surface area contributed by atoms with E-state index in [9.17, 15) is 0 Å². The van der Waals surface area contributed by atoms with Crippen molar-refractivity contribution in [1.82, 2.24) is 10.2 Å². The number of aliphatic hydroxyl groups is 1. The topological polar surface area (TPSA) is 44.7 Å². The largest absolute Gasteiger partial charge is 0.496 e. The lowest BCUT2D eigenvalue weighted by Gasteiger charge is -2.33. The molecule has 0 bridgehead atoms. The number of benzene rings is 1. The van der Waals surface area contributed by atoms with Crippen LogP contribution in [0, 0.1) is 0 Å². The molecule has 1 aliphatic rings. The standard InChI is InChI=1S/C15H24N2O2/c1-11-14-9-15(19-3)13(10-16-5-7-18)8-12(14)4-6-17(11)2/h8-9,11,16,18H,4-7,10H2,1-3H3. The number of nitrogens with one attached hydrogen (secondary N) is 1. The quantitative estimate of drug-likeness (QED) is 0.788. The summed E-state index contributed by atoms with van der Waals surface area (Å²) in [5.74, 6) is 0.936. The molecule has 2 N–H and O–H groups in total. The molecule has 1 aliphatic heterocycles. The van der Waals surface area contributed by atoms with E-state index in [1.54, 1.807) is 7.11 Å². The zero-order chi connectivity index (χ0) is 13.8. The maximum absolute atomic E-state index is 8.83. The molecule has 106 valence electrons. The first-order valence-electron chi connectivity index (χ1n) is 6.89. The van der Waals surface area contributed by atoms with E-state index >= 15 is 0 Å². The molecule has 0 spiro atoms. The van der Waals surface area contributed by atoms with Crippen LogP contribution in [0.4, 0.5) is 0 Å². The summed E-state index contributed by atoms with van der Waals surface area (Å²) in [4.78, 5) is 2.37. The molecule has 4 nitrogen and oxygen atoms in total. The van der Waals surface area contributed by atoms with Crippen molar-refractivity contribution in [2.45, 2.75) is 25.9 Å². The molecule has 1 aromatic carbocycles. The second-order valence-corrected chi connectivity index (χ2v) is 5.17. The van der Waals surface area contributed by atoms with Crippen LogP contribution in [0.1, 0.15) is 29.7 Å². The normalized spacial score (nSPS) is 19.3. The van der Waals surface area contributed by atoms with Gasteiger partial charge in [-0.1, -0.05) is 6.07 Å². The van der Waals surface area contributed by atoms with Crippen LogP contribution in [0.25, 0.3) is 0 Å². The second kappa shape index (κ2) is 6.37. The SMILES string of the molecule is COc1cc2c(cc1CNCCO)CCN(C)C2C. The van der Waals surface area contributed by atoms with Crippen LogP contribution < -0.4 is 10.1 Å². The Balaban J connectivity index is 2.26. The van der Waals surface area contributed by atoms with Gasteiger partial charge in [0.1, 0.15) is 5.75 Å². The summed E-state index contributed by atoms with van der Waals surface area (Å²) in [6.07, 6.45) is 1.09. The number of ether oxygens (including phenoxy) is 1. The molecule has 1 atom stereocenters. The van der Waals surface area contributed by atoms with Crippen LogP contribution in [-0.2, 0) is 13.0 Å². The number of aliphatic hydroxyl groups excluding tert-OH is 1. The number of likely N-dealkylation sites (N-methyl/N-ethyl adjacent to an activating group) is 1. The number of hydrogen-bond donors (Lipinski definition) is 2. The second-order valence-electron chi connectivity index (χ2n) is 5.17. The summed E-state index contributed by atoms with van der Waals surface area (Å²) in [5, 5.41) is 12.0. The highest BCUT2D eigenvalue weighted by molar-refractivity contribution is 5.45. The molecule has 4 heteroatoms. The van der Waals surface area contributed by atoms with Crippen molar-refractivity contribution in [3.05, 3.63) is 28.8 Å². The van der Waals surface area contributed by atoms with Crippen molar-refractivity contribution >= 4 is 0 Å². The Bertz CT molecular complexity index is 434.